The fourth-order valence-electron chi connectivity index (χ4n) is 4.24. The SMILES string of the molecule is O=c1[nH]c(-c2ccccc2)nc2c1CN(Cc1ccc(-c3ccccc3C(F)(F)F)nc1)CC2. The molecule has 5 nitrogen and oxygen atoms in total. The van der Waals surface area contributed by atoms with Crippen molar-refractivity contribution in [1.82, 2.24) is 19.9 Å². The summed E-state index contributed by atoms with van der Waals surface area (Å²) in [7, 11) is 0. The van der Waals surface area contributed by atoms with Gasteiger partial charge in [-0.05, 0) is 17.7 Å². The van der Waals surface area contributed by atoms with Gasteiger partial charge >= 0.3 is 6.18 Å². The lowest BCUT2D eigenvalue weighted by molar-refractivity contribution is -0.137. The third-order valence-corrected chi connectivity index (χ3v) is 5.93. The normalized spacial score (nSPS) is 14.1. The molecule has 0 unspecified atom stereocenters. The third-order valence-electron chi connectivity index (χ3n) is 5.93. The van der Waals surface area contributed by atoms with Crippen LogP contribution in [0.5, 0.6) is 0 Å². The number of benzene rings is 2. The minimum atomic E-state index is -4.44. The lowest BCUT2D eigenvalue weighted by atomic mass is 10.0. The first-order valence-electron chi connectivity index (χ1n) is 10.9. The van der Waals surface area contributed by atoms with E-state index in [1.54, 1.807) is 24.4 Å². The molecule has 0 bridgehead atoms. The number of fused-ring (bicyclic) bond motifs is 1. The quantitative estimate of drug-likeness (QED) is 0.460. The third kappa shape index (κ3) is 4.49. The minimum Gasteiger partial charge on any atom is -0.306 e. The van der Waals surface area contributed by atoms with Crippen LogP contribution in [0.25, 0.3) is 22.6 Å². The van der Waals surface area contributed by atoms with Crippen molar-refractivity contribution in [3.63, 3.8) is 0 Å². The number of hydrogen-bond acceptors (Lipinski definition) is 4. The van der Waals surface area contributed by atoms with E-state index in [1.165, 1.54) is 12.1 Å². The van der Waals surface area contributed by atoms with Crippen molar-refractivity contribution in [3.05, 3.63) is 106 Å². The summed E-state index contributed by atoms with van der Waals surface area (Å²) in [6.45, 7) is 1.70. The largest absolute Gasteiger partial charge is 0.417 e. The molecule has 0 aliphatic carbocycles. The van der Waals surface area contributed by atoms with Gasteiger partial charge in [0.05, 0.1) is 22.5 Å². The number of aromatic nitrogens is 3. The molecular formula is C26H21F3N4O. The lowest BCUT2D eigenvalue weighted by Crippen LogP contribution is -2.35. The highest BCUT2D eigenvalue weighted by molar-refractivity contribution is 5.64. The molecule has 0 spiro atoms. The Labute approximate surface area is 193 Å². The first-order valence-corrected chi connectivity index (χ1v) is 10.9. The van der Waals surface area contributed by atoms with Gasteiger partial charge in [0, 0.05) is 43.4 Å². The number of aromatic amines is 1. The predicted molar refractivity (Wildman–Crippen MR) is 123 cm³/mol. The fraction of sp³-hybridized carbons (Fsp3) is 0.192. The molecule has 172 valence electrons. The molecule has 2 aromatic carbocycles. The van der Waals surface area contributed by atoms with Crippen molar-refractivity contribution in [2.45, 2.75) is 25.7 Å². The Balaban J connectivity index is 1.32. The molecule has 0 amide bonds. The van der Waals surface area contributed by atoms with E-state index >= 15 is 0 Å². The van der Waals surface area contributed by atoms with Gasteiger partial charge < -0.3 is 4.98 Å². The van der Waals surface area contributed by atoms with Crippen LogP contribution in [0, 0.1) is 0 Å². The molecule has 34 heavy (non-hydrogen) atoms. The van der Waals surface area contributed by atoms with E-state index in [1.807, 2.05) is 30.3 Å². The second-order valence-corrected chi connectivity index (χ2v) is 8.26. The molecular weight excluding hydrogens is 441 g/mol. The number of alkyl halides is 3. The highest BCUT2D eigenvalue weighted by atomic mass is 19.4. The van der Waals surface area contributed by atoms with Crippen molar-refractivity contribution < 1.29 is 13.2 Å². The molecule has 1 aliphatic rings. The van der Waals surface area contributed by atoms with Crippen molar-refractivity contribution in [1.29, 1.82) is 0 Å². The molecule has 3 heterocycles. The van der Waals surface area contributed by atoms with E-state index in [0.717, 1.165) is 29.4 Å². The minimum absolute atomic E-state index is 0.0558. The number of H-pyrrole nitrogens is 1. The van der Waals surface area contributed by atoms with Gasteiger partial charge in [-0.3, -0.25) is 14.7 Å². The summed E-state index contributed by atoms with van der Waals surface area (Å²) in [5, 5.41) is 0. The maximum atomic E-state index is 13.3. The van der Waals surface area contributed by atoms with Gasteiger partial charge in [-0.25, -0.2) is 4.98 Å². The number of nitrogens with zero attached hydrogens (tertiary/aromatic N) is 3. The number of hydrogen-bond donors (Lipinski definition) is 1. The Morgan fingerprint density at radius 3 is 2.47 bits per heavy atom. The molecule has 4 aromatic rings. The van der Waals surface area contributed by atoms with Crippen LogP contribution >= 0.6 is 0 Å². The van der Waals surface area contributed by atoms with Crippen LogP contribution in [0.3, 0.4) is 0 Å². The predicted octanol–water partition coefficient (Wildman–Crippen LogP) is 5.08. The lowest BCUT2D eigenvalue weighted by Gasteiger charge is -2.27. The van der Waals surface area contributed by atoms with Gasteiger partial charge in [-0.1, -0.05) is 54.6 Å². The van der Waals surface area contributed by atoms with Gasteiger partial charge in [0.1, 0.15) is 5.82 Å². The Morgan fingerprint density at radius 1 is 0.971 bits per heavy atom. The standard InChI is InChI=1S/C26H21F3N4O/c27-26(28,29)21-9-5-4-8-19(21)22-11-10-17(14-30-22)15-33-13-12-23-20(16-33)25(34)32-24(31-23)18-6-2-1-3-7-18/h1-11,14H,12-13,15-16H2,(H,31,32,34). The van der Waals surface area contributed by atoms with Crippen LogP contribution in [0.4, 0.5) is 13.2 Å². The Kier molecular flexibility index (Phi) is 5.75. The van der Waals surface area contributed by atoms with Crippen LogP contribution in [0.15, 0.2) is 77.7 Å². The van der Waals surface area contributed by atoms with Crippen LogP contribution in [0.1, 0.15) is 22.4 Å². The van der Waals surface area contributed by atoms with Crippen LogP contribution in [-0.4, -0.2) is 26.4 Å². The molecule has 0 saturated carbocycles. The topological polar surface area (TPSA) is 61.9 Å². The number of pyridine rings is 1. The average molecular weight is 462 g/mol. The number of rotatable bonds is 4. The molecule has 1 N–H and O–H groups in total. The number of halogens is 3. The van der Waals surface area contributed by atoms with E-state index < -0.39 is 11.7 Å². The maximum Gasteiger partial charge on any atom is 0.417 e. The van der Waals surface area contributed by atoms with Gasteiger partial charge in [0.25, 0.3) is 5.56 Å². The van der Waals surface area contributed by atoms with Crippen molar-refractivity contribution in [3.8, 4) is 22.6 Å². The van der Waals surface area contributed by atoms with Crippen LogP contribution < -0.4 is 5.56 Å². The highest BCUT2D eigenvalue weighted by Crippen LogP contribution is 2.36. The maximum absolute atomic E-state index is 13.3. The molecule has 0 saturated heterocycles. The van der Waals surface area contributed by atoms with E-state index in [2.05, 4.69) is 19.9 Å². The average Bonchev–Trinajstić information content (AvgIpc) is 2.85. The summed E-state index contributed by atoms with van der Waals surface area (Å²) in [6, 6.07) is 18.3. The molecule has 2 aromatic heterocycles. The second-order valence-electron chi connectivity index (χ2n) is 8.26. The van der Waals surface area contributed by atoms with Gasteiger partial charge in [0.2, 0.25) is 0 Å². The molecule has 5 rings (SSSR count). The highest BCUT2D eigenvalue weighted by Gasteiger charge is 2.33. The number of nitrogens with one attached hydrogen (secondary N) is 1. The second kappa shape index (κ2) is 8.87. The van der Waals surface area contributed by atoms with Crippen LogP contribution in [-0.2, 0) is 25.7 Å². The zero-order valence-electron chi connectivity index (χ0n) is 18.1. The zero-order chi connectivity index (χ0) is 23.7. The van der Waals surface area contributed by atoms with Crippen LogP contribution in [0.2, 0.25) is 0 Å². The zero-order valence-corrected chi connectivity index (χ0v) is 18.1. The Hall–Kier alpha value is -3.78. The molecule has 0 atom stereocenters. The first-order chi connectivity index (χ1) is 16.4. The van der Waals surface area contributed by atoms with Gasteiger partial charge in [-0.15, -0.1) is 0 Å². The molecule has 0 radical (unpaired) electrons. The summed E-state index contributed by atoms with van der Waals surface area (Å²) in [5.74, 6) is 0.566. The molecule has 0 fully saturated rings. The van der Waals surface area contributed by atoms with E-state index in [9.17, 15) is 18.0 Å². The monoisotopic (exact) mass is 462 g/mol. The molecule has 1 aliphatic heterocycles. The Morgan fingerprint density at radius 2 is 1.74 bits per heavy atom. The van der Waals surface area contributed by atoms with Crippen molar-refractivity contribution >= 4 is 0 Å². The molecule has 8 heteroatoms. The smallest absolute Gasteiger partial charge is 0.306 e. The summed E-state index contributed by atoms with van der Waals surface area (Å²) >= 11 is 0. The van der Waals surface area contributed by atoms with Gasteiger partial charge in [-0.2, -0.15) is 13.2 Å². The van der Waals surface area contributed by atoms with Crippen molar-refractivity contribution in [2.75, 3.05) is 6.54 Å². The van der Waals surface area contributed by atoms with E-state index in [-0.39, 0.29) is 16.8 Å². The van der Waals surface area contributed by atoms with Crippen molar-refractivity contribution in [2.24, 2.45) is 0 Å². The summed E-state index contributed by atoms with van der Waals surface area (Å²) in [6.07, 6.45) is -2.21. The Bertz CT molecular complexity index is 1370. The first kappa shape index (κ1) is 22.0. The van der Waals surface area contributed by atoms with E-state index in [0.29, 0.717) is 30.9 Å². The summed E-state index contributed by atoms with van der Waals surface area (Å²) in [5.41, 5.74) is 2.65. The summed E-state index contributed by atoms with van der Waals surface area (Å²) < 4.78 is 40.0. The van der Waals surface area contributed by atoms with Gasteiger partial charge in [0.15, 0.2) is 0 Å². The summed E-state index contributed by atoms with van der Waals surface area (Å²) in [4.78, 5) is 26.7. The van der Waals surface area contributed by atoms with E-state index in [4.69, 9.17) is 0 Å². The fourth-order valence-corrected chi connectivity index (χ4v) is 4.24.